The van der Waals surface area contributed by atoms with Crippen molar-refractivity contribution in [2.24, 2.45) is 5.73 Å². The van der Waals surface area contributed by atoms with Gasteiger partial charge in [0, 0.05) is 19.8 Å². The number of benzene rings is 1. The summed E-state index contributed by atoms with van der Waals surface area (Å²) in [5.74, 6) is 1.62. The zero-order valence-electron chi connectivity index (χ0n) is 9.81. The van der Waals surface area contributed by atoms with Crippen molar-refractivity contribution in [3.8, 4) is 11.5 Å². The largest absolute Gasteiger partial charge is 0.497 e. The molecule has 0 heterocycles. The van der Waals surface area contributed by atoms with E-state index >= 15 is 0 Å². The van der Waals surface area contributed by atoms with Crippen molar-refractivity contribution in [2.75, 3.05) is 27.4 Å². The highest BCUT2D eigenvalue weighted by molar-refractivity contribution is 5.31. The van der Waals surface area contributed by atoms with Crippen molar-refractivity contribution in [1.29, 1.82) is 0 Å². The van der Waals surface area contributed by atoms with E-state index in [-0.39, 0.29) is 6.04 Å². The minimum Gasteiger partial charge on any atom is -0.497 e. The maximum Gasteiger partial charge on any atom is 0.119 e. The first kappa shape index (κ1) is 12.8. The normalized spacial score (nSPS) is 12.2. The van der Waals surface area contributed by atoms with Gasteiger partial charge < -0.3 is 19.9 Å². The van der Waals surface area contributed by atoms with E-state index in [2.05, 4.69) is 0 Å². The molecule has 4 nitrogen and oxygen atoms in total. The van der Waals surface area contributed by atoms with Crippen molar-refractivity contribution < 1.29 is 14.2 Å². The number of nitrogens with two attached hydrogens (primary N) is 1. The van der Waals surface area contributed by atoms with Crippen molar-refractivity contribution in [1.82, 2.24) is 0 Å². The lowest BCUT2D eigenvalue weighted by atomic mass is 10.2. The number of hydrogen-bond acceptors (Lipinski definition) is 4. The van der Waals surface area contributed by atoms with Crippen LogP contribution in [-0.4, -0.2) is 33.5 Å². The number of ether oxygens (including phenoxy) is 3. The van der Waals surface area contributed by atoms with Crippen molar-refractivity contribution >= 4 is 0 Å². The van der Waals surface area contributed by atoms with Gasteiger partial charge in [-0.05, 0) is 30.7 Å². The lowest BCUT2D eigenvalue weighted by molar-refractivity contribution is 0.175. The average molecular weight is 225 g/mol. The second kappa shape index (κ2) is 7.09. The van der Waals surface area contributed by atoms with E-state index in [1.54, 1.807) is 14.2 Å². The van der Waals surface area contributed by atoms with Gasteiger partial charge in [-0.15, -0.1) is 0 Å². The quantitative estimate of drug-likeness (QED) is 0.763. The molecule has 0 aliphatic rings. The zero-order chi connectivity index (χ0) is 11.8. The van der Waals surface area contributed by atoms with Crippen molar-refractivity contribution in [3.63, 3.8) is 0 Å². The van der Waals surface area contributed by atoms with Crippen LogP contribution in [0, 0.1) is 0 Å². The maximum absolute atomic E-state index is 5.83. The molecule has 90 valence electrons. The fourth-order valence-electron chi connectivity index (χ4n) is 1.23. The molecule has 0 aliphatic carbocycles. The second-order valence-corrected chi connectivity index (χ2v) is 3.53. The molecule has 0 saturated carbocycles. The summed E-state index contributed by atoms with van der Waals surface area (Å²) >= 11 is 0. The average Bonchev–Trinajstić information content (AvgIpc) is 2.34. The number of hydrogen-bond donors (Lipinski definition) is 1. The lowest BCUT2D eigenvalue weighted by Gasteiger charge is -2.12. The van der Waals surface area contributed by atoms with Gasteiger partial charge in [0.15, 0.2) is 0 Å². The first-order valence-corrected chi connectivity index (χ1v) is 5.27. The summed E-state index contributed by atoms with van der Waals surface area (Å²) in [5.41, 5.74) is 5.83. The van der Waals surface area contributed by atoms with E-state index in [4.69, 9.17) is 19.9 Å². The smallest absolute Gasteiger partial charge is 0.119 e. The summed E-state index contributed by atoms with van der Waals surface area (Å²) in [7, 11) is 3.30. The highest BCUT2D eigenvalue weighted by Crippen LogP contribution is 2.17. The maximum atomic E-state index is 5.83. The highest BCUT2D eigenvalue weighted by atomic mass is 16.5. The molecule has 1 aromatic rings. The SMILES string of the molecule is COCCC(N)COc1ccc(OC)cc1. The molecule has 1 unspecified atom stereocenters. The highest BCUT2D eigenvalue weighted by Gasteiger charge is 2.03. The van der Waals surface area contributed by atoms with E-state index < -0.39 is 0 Å². The molecule has 1 aromatic carbocycles. The minimum absolute atomic E-state index is 0.00190. The molecule has 0 fully saturated rings. The summed E-state index contributed by atoms with van der Waals surface area (Å²) in [6, 6.07) is 7.44. The van der Waals surface area contributed by atoms with Gasteiger partial charge in [0.1, 0.15) is 18.1 Å². The molecular formula is C12H19NO3. The Labute approximate surface area is 96.3 Å². The monoisotopic (exact) mass is 225 g/mol. The Hall–Kier alpha value is -1.26. The molecule has 16 heavy (non-hydrogen) atoms. The fourth-order valence-corrected chi connectivity index (χ4v) is 1.23. The van der Waals surface area contributed by atoms with Gasteiger partial charge in [-0.25, -0.2) is 0 Å². The predicted octanol–water partition coefficient (Wildman–Crippen LogP) is 1.44. The third-order valence-electron chi connectivity index (χ3n) is 2.22. The first-order chi connectivity index (χ1) is 7.76. The molecule has 1 atom stereocenters. The first-order valence-electron chi connectivity index (χ1n) is 5.27. The van der Waals surface area contributed by atoms with Gasteiger partial charge >= 0.3 is 0 Å². The third kappa shape index (κ3) is 4.51. The molecule has 4 heteroatoms. The Balaban J connectivity index is 2.30. The molecule has 0 aliphatic heterocycles. The molecule has 0 aromatic heterocycles. The van der Waals surface area contributed by atoms with Crippen molar-refractivity contribution in [3.05, 3.63) is 24.3 Å². The van der Waals surface area contributed by atoms with E-state index in [1.165, 1.54) is 0 Å². The molecule has 0 radical (unpaired) electrons. The number of rotatable bonds is 7. The van der Waals surface area contributed by atoms with Crippen LogP contribution >= 0.6 is 0 Å². The Morgan fingerprint density at radius 1 is 1.12 bits per heavy atom. The van der Waals surface area contributed by atoms with E-state index in [1.807, 2.05) is 24.3 Å². The fraction of sp³-hybridized carbons (Fsp3) is 0.500. The summed E-state index contributed by atoms with van der Waals surface area (Å²) in [5, 5.41) is 0. The van der Waals surface area contributed by atoms with Crippen LogP contribution < -0.4 is 15.2 Å². The molecule has 2 N–H and O–H groups in total. The molecule has 0 spiro atoms. The Bertz CT molecular complexity index is 287. The third-order valence-corrected chi connectivity index (χ3v) is 2.22. The molecule has 1 rings (SSSR count). The van der Waals surface area contributed by atoms with Crippen LogP contribution in [0.1, 0.15) is 6.42 Å². The lowest BCUT2D eigenvalue weighted by Crippen LogP contribution is -2.29. The Morgan fingerprint density at radius 2 is 1.75 bits per heavy atom. The summed E-state index contributed by atoms with van der Waals surface area (Å²) < 4.78 is 15.5. The topological polar surface area (TPSA) is 53.7 Å². The van der Waals surface area contributed by atoms with Crippen LogP contribution in [0.3, 0.4) is 0 Å². The van der Waals surface area contributed by atoms with Crippen molar-refractivity contribution in [2.45, 2.75) is 12.5 Å². The van der Waals surface area contributed by atoms with Gasteiger partial charge in [0.2, 0.25) is 0 Å². The van der Waals surface area contributed by atoms with Crippen LogP contribution in [0.4, 0.5) is 0 Å². The van der Waals surface area contributed by atoms with Gasteiger partial charge in [-0.2, -0.15) is 0 Å². The summed E-state index contributed by atoms with van der Waals surface area (Å²) in [4.78, 5) is 0. The number of methoxy groups -OCH3 is 2. The molecule has 0 saturated heterocycles. The van der Waals surface area contributed by atoms with Crippen LogP contribution in [-0.2, 0) is 4.74 Å². The van der Waals surface area contributed by atoms with Gasteiger partial charge in [-0.3, -0.25) is 0 Å². The minimum atomic E-state index is 0.00190. The van der Waals surface area contributed by atoms with Crippen LogP contribution in [0.15, 0.2) is 24.3 Å². The van der Waals surface area contributed by atoms with Gasteiger partial charge in [-0.1, -0.05) is 0 Å². The summed E-state index contributed by atoms with van der Waals surface area (Å²) in [6.07, 6.45) is 0.798. The standard InChI is InChI=1S/C12H19NO3/c1-14-8-7-10(13)9-16-12-5-3-11(15-2)4-6-12/h3-6,10H,7-9,13H2,1-2H3. The summed E-state index contributed by atoms with van der Waals surface area (Å²) in [6.45, 7) is 1.16. The van der Waals surface area contributed by atoms with E-state index in [0.29, 0.717) is 13.2 Å². The van der Waals surface area contributed by atoms with E-state index in [9.17, 15) is 0 Å². The Kier molecular flexibility index (Phi) is 5.67. The van der Waals surface area contributed by atoms with Crippen LogP contribution in [0.5, 0.6) is 11.5 Å². The van der Waals surface area contributed by atoms with Crippen LogP contribution in [0.2, 0.25) is 0 Å². The van der Waals surface area contributed by atoms with Crippen LogP contribution in [0.25, 0.3) is 0 Å². The second-order valence-electron chi connectivity index (χ2n) is 3.53. The predicted molar refractivity (Wildman–Crippen MR) is 63.0 cm³/mol. The van der Waals surface area contributed by atoms with E-state index in [0.717, 1.165) is 17.9 Å². The molecule has 0 amide bonds. The molecular weight excluding hydrogens is 206 g/mol. The Morgan fingerprint density at radius 3 is 2.31 bits per heavy atom. The zero-order valence-corrected chi connectivity index (χ0v) is 9.81. The van der Waals surface area contributed by atoms with Gasteiger partial charge in [0.05, 0.1) is 7.11 Å². The van der Waals surface area contributed by atoms with Gasteiger partial charge in [0.25, 0.3) is 0 Å². The molecule has 0 bridgehead atoms.